The first kappa shape index (κ1) is 13.0. The standard InChI is InChI=1S/C15H19N5S/c1-8-6-9(2)17-15-11(8)12-13(21-15)14(20-19-12)18-10-4-3-5-16-7-10/h6,10,16H,3-5,7H2,1-2H3,(H2,18,19,20). The zero-order valence-corrected chi connectivity index (χ0v) is 13.1. The van der Waals surface area contributed by atoms with Crippen LogP contribution in [-0.4, -0.2) is 34.3 Å². The van der Waals surface area contributed by atoms with Crippen LogP contribution < -0.4 is 10.6 Å². The summed E-state index contributed by atoms with van der Waals surface area (Å²) in [4.78, 5) is 5.76. The largest absolute Gasteiger partial charge is 0.363 e. The lowest BCUT2D eigenvalue weighted by atomic mass is 10.1. The number of rotatable bonds is 2. The molecular weight excluding hydrogens is 282 g/mol. The maximum Gasteiger partial charge on any atom is 0.166 e. The van der Waals surface area contributed by atoms with Crippen molar-refractivity contribution in [2.24, 2.45) is 0 Å². The maximum atomic E-state index is 4.66. The second kappa shape index (κ2) is 4.96. The van der Waals surface area contributed by atoms with Gasteiger partial charge in [0.1, 0.15) is 4.83 Å². The number of aryl methyl sites for hydroxylation is 2. The second-order valence-corrected chi connectivity index (χ2v) is 6.83. The molecule has 1 fully saturated rings. The average molecular weight is 301 g/mol. The van der Waals surface area contributed by atoms with Crippen LogP contribution >= 0.6 is 11.3 Å². The molecule has 1 atom stereocenters. The van der Waals surface area contributed by atoms with Crippen molar-refractivity contribution in [3.63, 3.8) is 0 Å². The van der Waals surface area contributed by atoms with Crippen LogP contribution in [0.25, 0.3) is 20.4 Å². The van der Waals surface area contributed by atoms with Crippen LogP contribution in [0.5, 0.6) is 0 Å². The lowest BCUT2D eigenvalue weighted by molar-refractivity contribution is 0.479. The first-order valence-electron chi connectivity index (χ1n) is 7.44. The van der Waals surface area contributed by atoms with Crippen molar-refractivity contribution in [2.45, 2.75) is 32.7 Å². The van der Waals surface area contributed by atoms with E-state index in [1.165, 1.54) is 28.5 Å². The molecule has 0 aliphatic carbocycles. The van der Waals surface area contributed by atoms with Crippen LogP contribution in [0.2, 0.25) is 0 Å². The average Bonchev–Trinajstić information content (AvgIpc) is 2.99. The Morgan fingerprint density at radius 3 is 3.10 bits per heavy atom. The summed E-state index contributed by atoms with van der Waals surface area (Å²) in [5, 5.41) is 15.9. The second-order valence-electron chi connectivity index (χ2n) is 5.83. The number of pyridine rings is 1. The third-order valence-electron chi connectivity index (χ3n) is 4.12. The number of thiophene rings is 1. The van der Waals surface area contributed by atoms with Gasteiger partial charge in [-0.15, -0.1) is 11.3 Å². The van der Waals surface area contributed by atoms with Crippen LogP contribution in [-0.2, 0) is 0 Å². The maximum absolute atomic E-state index is 4.66. The number of hydrogen-bond acceptors (Lipinski definition) is 5. The molecule has 1 aliphatic rings. The van der Waals surface area contributed by atoms with Crippen molar-refractivity contribution in [1.82, 2.24) is 20.5 Å². The van der Waals surface area contributed by atoms with Gasteiger partial charge in [-0.05, 0) is 44.9 Å². The molecule has 1 unspecified atom stereocenters. The van der Waals surface area contributed by atoms with Gasteiger partial charge in [0.15, 0.2) is 5.82 Å². The van der Waals surface area contributed by atoms with Crippen molar-refractivity contribution in [3.8, 4) is 0 Å². The van der Waals surface area contributed by atoms with Gasteiger partial charge in [0.05, 0.1) is 10.2 Å². The summed E-state index contributed by atoms with van der Waals surface area (Å²) >= 11 is 1.72. The smallest absolute Gasteiger partial charge is 0.166 e. The summed E-state index contributed by atoms with van der Waals surface area (Å²) in [6.45, 7) is 6.32. The molecule has 5 nitrogen and oxygen atoms in total. The molecule has 3 aromatic rings. The fourth-order valence-corrected chi connectivity index (χ4v) is 4.34. The lowest BCUT2D eigenvalue weighted by Crippen LogP contribution is -2.38. The summed E-state index contributed by atoms with van der Waals surface area (Å²) in [7, 11) is 0. The highest BCUT2D eigenvalue weighted by molar-refractivity contribution is 7.26. The predicted molar refractivity (Wildman–Crippen MR) is 88.3 cm³/mol. The molecule has 0 saturated carbocycles. The van der Waals surface area contributed by atoms with E-state index in [0.29, 0.717) is 6.04 Å². The quantitative estimate of drug-likeness (QED) is 0.681. The zero-order chi connectivity index (χ0) is 14.4. The molecule has 4 heterocycles. The van der Waals surface area contributed by atoms with Crippen LogP contribution in [0.3, 0.4) is 0 Å². The molecule has 0 amide bonds. The monoisotopic (exact) mass is 301 g/mol. The van der Waals surface area contributed by atoms with Gasteiger partial charge in [-0.25, -0.2) is 4.98 Å². The van der Waals surface area contributed by atoms with Gasteiger partial charge in [0, 0.05) is 23.7 Å². The first-order chi connectivity index (χ1) is 10.2. The van der Waals surface area contributed by atoms with Crippen molar-refractivity contribution in [2.75, 3.05) is 18.4 Å². The molecule has 21 heavy (non-hydrogen) atoms. The van der Waals surface area contributed by atoms with Crippen LogP contribution in [0.15, 0.2) is 6.07 Å². The SMILES string of the molecule is Cc1cc(C)c2c(n1)sc1c(NC3CCCNC3)n[nH]c12. The minimum absolute atomic E-state index is 0.464. The van der Waals surface area contributed by atoms with Crippen molar-refractivity contribution >= 4 is 37.6 Å². The van der Waals surface area contributed by atoms with E-state index in [-0.39, 0.29) is 0 Å². The van der Waals surface area contributed by atoms with Crippen molar-refractivity contribution in [1.29, 1.82) is 0 Å². The fraction of sp³-hybridized carbons (Fsp3) is 0.467. The Morgan fingerprint density at radius 2 is 2.29 bits per heavy atom. The topological polar surface area (TPSA) is 65.6 Å². The van der Waals surface area contributed by atoms with E-state index in [2.05, 4.69) is 38.8 Å². The molecule has 110 valence electrons. The highest BCUT2D eigenvalue weighted by atomic mass is 32.1. The molecule has 6 heteroatoms. The van der Waals surface area contributed by atoms with E-state index in [1.54, 1.807) is 11.3 Å². The molecule has 1 saturated heterocycles. The Labute approximate surface area is 127 Å². The third kappa shape index (κ3) is 2.18. The Bertz CT molecular complexity index is 797. The summed E-state index contributed by atoms with van der Waals surface area (Å²) in [5.74, 6) is 0.971. The number of nitrogens with one attached hydrogen (secondary N) is 3. The first-order valence-corrected chi connectivity index (χ1v) is 8.26. The molecule has 0 spiro atoms. The number of aromatic amines is 1. The predicted octanol–water partition coefficient (Wildman–Crippen LogP) is 2.95. The van der Waals surface area contributed by atoms with Gasteiger partial charge in [-0.2, -0.15) is 5.10 Å². The minimum atomic E-state index is 0.464. The van der Waals surface area contributed by atoms with Gasteiger partial charge >= 0.3 is 0 Å². The van der Waals surface area contributed by atoms with Crippen LogP contribution in [0.4, 0.5) is 5.82 Å². The number of fused-ring (bicyclic) bond motifs is 3. The number of anilines is 1. The van der Waals surface area contributed by atoms with E-state index >= 15 is 0 Å². The number of H-pyrrole nitrogens is 1. The van der Waals surface area contributed by atoms with Gasteiger partial charge in [-0.1, -0.05) is 0 Å². The summed E-state index contributed by atoms with van der Waals surface area (Å²) in [6.07, 6.45) is 2.42. The number of hydrogen-bond donors (Lipinski definition) is 3. The van der Waals surface area contributed by atoms with E-state index < -0.39 is 0 Å². The van der Waals surface area contributed by atoms with Gasteiger partial charge in [0.25, 0.3) is 0 Å². The van der Waals surface area contributed by atoms with Crippen LogP contribution in [0, 0.1) is 13.8 Å². The number of aromatic nitrogens is 3. The van der Waals surface area contributed by atoms with Gasteiger partial charge in [0.2, 0.25) is 0 Å². The number of nitrogens with zero attached hydrogens (tertiary/aromatic N) is 2. The lowest BCUT2D eigenvalue weighted by Gasteiger charge is -2.23. The Kier molecular flexibility index (Phi) is 3.08. The summed E-state index contributed by atoms with van der Waals surface area (Å²) in [6, 6.07) is 2.60. The molecule has 4 rings (SSSR count). The van der Waals surface area contributed by atoms with E-state index in [9.17, 15) is 0 Å². The molecule has 1 aliphatic heterocycles. The van der Waals surface area contributed by atoms with E-state index in [0.717, 1.165) is 34.9 Å². The molecule has 0 bridgehead atoms. The Hall–Kier alpha value is -1.66. The number of piperidine rings is 1. The van der Waals surface area contributed by atoms with Gasteiger partial charge < -0.3 is 10.6 Å². The molecule has 0 radical (unpaired) electrons. The molecule has 3 N–H and O–H groups in total. The van der Waals surface area contributed by atoms with Crippen LogP contribution in [0.1, 0.15) is 24.1 Å². The summed E-state index contributed by atoms with van der Waals surface area (Å²) in [5.41, 5.74) is 3.45. The highest BCUT2D eigenvalue weighted by Gasteiger charge is 2.19. The highest BCUT2D eigenvalue weighted by Crippen LogP contribution is 2.37. The normalized spacial score (nSPS) is 19.4. The third-order valence-corrected chi connectivity index (χ3v) is 5.21. The van der Waals surface area contributed by atoms with E-state index in [1.807, 2.05) is 6.92 Å². The molecule has 0 aromatic carbocycles. The zero-order valence-electron chi connectivity index (χ0n) is 12.3. The van der Waals surface area contributed by atoms with E-state index in [4.69, 9.17) is 0 Å². The molecular formula is C15H19N5S. The van der Waals surface area contributed by atoms with Crippen molar-refractivity contribution < 1.29 is 0 Å². The van der Waals surface area contributed by atoms with Crippen molar-refractivity contribution in [3.05, 3.63) is 17.3 Å². The molecule has 3 aromatic heterocycles. The van der Waals surface area contributed by atoms with Gasteiger partial charge in [-0.3, -0.25) is 5.10 Å². The fourth-order valence-electron chi connectivity index (χ4n) is 3.14. The Morgan fingerprint density at radius 1 is 1.38 bits per heavy atom. The summed E-state index contributed by atoms with van der Waals surface area (Å²) < 4.78 is 1.19. The Balaban J connectivity index is 1.78. The minimum Gasteiger partial charge on any atom is -0.363 e.